The first-order valence-electron chi connectivity index (χ1n) is 6.67. The van der Waals surface area contributed by atoms with Crippen LogP contribution in [0.3, 0.4) is 0 Å². The molecule has 1 aliphatic heterocycles. The van der Waals surface area contributed by atoms with Crippen LogP contribution in [0.1, 0.15) is 46.5 Å². The number of nitrogens with one attached hydrogen (secondary N) is 1. The van der Waals surface area contributed by atoms with Gasteiger partial charge in [0.25, 0.3) is 0 Å². The molecule has 1 saturated carbocycles. The van der Waals surface area contributed by atoms with Crippen molar-refractivity contribution in [1.29, 1.82) is 0 Å². The SMILES string of the molecule is CC(C)(C)CC(=O)C1CC2CNCC(C2)C1. The average Bonchev–Trinajstić information content (AvgIpc) is 2.14. The van der Waals surface area contributed by atoms with Crippen LogP contribution in [0, 0.1) is 23.2 Å². The van der Waals surface area contributed by atoms with Crippen molar-refractivity contribution < 1.29 is 4.79 Å². The van der Waals surface area contributed by atoms with E-state index in [4.69, 9.17) is 0 Å². The molecule has 1 saturated heterocycles. The van der Waals surface area contributed by atoms with Gasteiger partial charge in [-0.05, 0) is 49.6 Å². The highest BCUT2D eigenvalue weighted by molar-refractivity contribution is 5.81. The Labute approximate surface area is 99.2 Å². The van der Waals surface area contributed by atoms with Crippen molar-refractivity contribution in [2.45, 2.75) is 46.5 Å². The molecule has 16 heavy (non-hydrogen) atoms. The summed E-state index contributed by atoms with van der Waals surface area (Å²) in [7, 11) is 0. The molecule has 0 radical (unpaired) electrons. The lowest BCUT2D eigenvalue weighted by Crippen LogP contribution is -2.43. The summed E-state index contributed by atoms with van der Waals surface area (Å²) in [6.07, 6.45) is 4.38. The Morgan fingerprint density at radius 2 is 1.69 bits per heavy atom. The lowest BCUT2D eigenvalue weighted by Gasteiger charge is -2.39. The van der Waals surface area contributed by atoms with Crippen LogP contribution in [0.2, 0.25) is 0 Å². The molecule has 0 aromatic carbocycles. The molecule has 1 aliphatic carbocycles. The van der Waals surface area contributed by atoms with Crippen molar-refractivity contribution in [3.63, 3.8) is 0 Å². The van der Waals surface area contributed by atoms with Gasteiger partial charge in [0.1, 0.15) is 5.78 Å². The summed E-state index contributed by atoms with van der Waals surface area (Å²) >= 11 is 0. The molecule has 0 spiro atoms. The second kappa shape index (κ2) is 4.48. The number of hydrogen-bond donors (Lipinski definition) is 1. The van der Waals surface area contributed by atoms with Gasteiger partial charge in [-0.2, -0.15) is 0 Å². The molecule has 2 rings (SSSR count). The number of carbonyl (C=O) groups is 1. The number of carbonyl (C=O) groups excluding carboxylic acids is 1. The van der Waals surface area contributed by atoms with Crippen LogP contribution in [-0.4, -0.2) is 18.9 Å². The Kier molecular flexibility index (Phi) is 3.39. The van der Waals surface area contributed by atoms with Gasteiger partial charge in [0.15, 0.2) is 0 Å². The third-order valence-electron chi connectivity index (χ3n) is 3.93. The number of hydrogen-bond acceptors (Lipinski definition) is 2. The summed E-state index contributed by atoms with van der Waals surface area (Å²) in [5.74, 6) is 2.41. The Balaban J connectivity index is 1.92. The second-order valence-corrected chi connectivity index (χ2v) is 7.00. The number of fused-ring (bicyclic) bond motifs is 2. The summed E-state index contributed by atoms with van der Waals surface area (Å²) in [6, 6.07) is 0. The second-order valence-electron chi connectivity index (χ2n) is 7.00. The molecule has 1 N–H and O–H groups in total. The Bertz CT molecular complexity index is 254. The third-order valence-corrected chi connectivity index (χ3v) is 3.93. The molecule has 0 aromatic rings. The molecular formula is C14H25NO. The largest absolute Gasteiger partial charge is 0.316 e. The Morgan fingerprint density at radius 3 is 2.19 bits per heavy atom. The van der Waals surface area contributed by atoms with Crippen LogP contribution in [0.4, 0.5) is 0 Å². The molecule has 1 heterocycles. The van der Waals surface area contributed by atoms with E-state index in [2.05, 4.69) is 26.1 Å². The predicted molar refractivity (Wildman–Crippen MR) is 66.3 cm³/mol. The summed E-state index contributed by atoms with van der Waals surface area (Å²) < 4.78 is 0. The standard InChI is InChI=1S/C14H25NO/c1-14(2,3)7-13(16)12-5-10-4-11(6-12)9-15-8-10/h10-12,15H,4-9H2,1-3H3. The number of Topliss-reactive ketones (excluding diaryl/α,β-unsaturated/α-hetero) is 1. The Morgan fingerprint density at radius 1 is 1.12 bits per heavy atom. The molecule has 2 heteroatoms. The average molecular weight is 223 g/mol. The quantitative estimate of drug-likeness (QED) is 0.779. The minimum atomic E-state index is 0.155. The zero-order valence-corrected chi connectivity index (χ0v) is 10.9. The van der Waals surface area contributed by atoms with Crippen molar-refractivity contribution in [3.8, 4) is 0 Å². The maximum Gasteiger partial charge on any atom is 0.136 e. The minimum absolute atomic E-state index is 0.155. The van der Waals surface area contributed by atoms with Crippen LogP contribution in [0.15, 0.2) is 0 Å². The zero-order chi connectivity index (χ0) is 11.8. The van der Waals surface area contributed by atoms with E-state index in [-0.39, 0.29) is 5.41 Å². The molecule has 2 fully saturated rings. The topological polar surface area (TPSA) is 29.1 Å². The van der Waals surface area contributed by atoms with E-state index in [1.807, 2.05) is 0 Å². The third kappa shape index (κ3) is 3.07. The maximum absolute atomic E-state index is 12.2. The number of ketones is 1. The van der Waals surface area contributed by atoms with Crippen LogP contribution in [0.5, 0.6) is 0 Å². The van der Waals surface area contributed by atoms with Crippen molar-refractivity contribution in [1.82, 2.24) is 5.32 Å². The molecular weight excluding hydrogens is 198 g/mol. The van der Waals surface area contributed by atoms with Crippen LogP contribution < -0.4 is 5.32 Å². The summed E-state index contributed by atoms with van der Waals surface area (Å²) in [6.45, 7) is 8.76. The normalized spacial score (nSPS) is 34.8. The fourth-order valence-corrected chi connectivity index (χ4v) is 3.32. The number of rotatable bonds is 2. The van der Waals surface area contributed by atoms with Crippen LogP contribution >= 0.6 is 0 Å². The predicted octanol–water partition coefficient (Wildman–Crippen LogP) is 2.63. The fraction of sp³-hybridized carbons (Fsp3) is 0.929. The van der Waals surface area contributed by atoms with E-state index in [9.17, 15) is 4.79 Å². The van der Waals surface area contributed by atoms with Crippen molar-refractivity contribution in [3.05, 3.63) is 0 Å². The smallest absolute Gasteiger partial charge is 0.136 e. The molecule has 92 valence electrons. The fourth-order valence-electron chi connectivity index (χ4n) is 3.32. The van der Waals surface area contributed by atoms with E-state index in [1.54, 1.807) is 0 Å². The van der Waals surface area contributed by atoms with Gasteiger partial charge in [-0.15, -0.1) is 0 Å². The van der Waals surface area contributed by atoms with Crippen LogP contribution in [0.25, 0.3) is 0 Å². The maximum atomic E-state index is 12.2. The van der Waals surface area contributed by atoms with Crippen molar-refractivity contribution in [2.24, 2.45) is 23.2 Å². The molecule has 0 amide bonds. The first kappa shape index (κ1) is 12.1. The van der Waals surface area contributed by atoms with E-state index in [0.717, 1.165) is 44.2 Å². The van der Waals surface area contributed by atoms with Gasteiger partial charge in [0.05, 0.1) is 0 Å². The molecule has 2 nitrogen and oxygen atoms in total. The minimum Gasteiger partial charge on any atom is -0.316 e. The van der Waals surface area contributed by atoms with Crippen molar-refractivity contribution >= 4 is 5.78 Å². The summed E-state index contributed by atoms with van der Waals surface area (Å²) in [5, 5.41) is 3.48. The lowest BCUT2D eigenvalue weighted by atomic mass is 9.70. The van der Waals surface area contributed by atoms with E-state index < -0.39 is 0 Å². The highest BCUT2D eigenvalue weighted by atomic mass is 16.1. The van der Waals surface area contributed by atoms with Gasteiger partial charge in [0, 0.05) is 12.3 Å². The zero-order valence-electron chi connectivity index (χ0n) is 10.9. The first-order chi connectivity index (χ1) is 7.44. The monoisotopic (exact) mass is 223 g/mol. The van der Waals surface area contributed by atoms with E-state index in [1.165, 1.54) is 6.42 Å². The molecule has 2 atom stereocenters. The molecule has 0 aromatic heterocycles. The van der Waals surface area contributed by atoms with E-state index >= 15 is 0 Å². The molecule has 2 aliphatic rings. The summed E-state index contributed by atoms with van der Waals surface area (Å²) in [4.78, 5) is 12.2. The van der Waals surface area contributed by atoms with E-state index in [0.29, 0.717) is 11.7 Å². The summed E-state index contributed by atoms with van der Waals surface area (Å²) in [5.41, 5.74) is 0.155. The van der Waals surface area contributed by atoms with Crippen molar-refractivity contribution in [2.75, 3.05) is 13.1 Å². The van der Waals surface area contributed by atoms with Gasteiger partial charge < -0.3 is 5.32 Å². The molecule has 2 bridgehead atoms. The first-order valence-corrected chi connectivity index (χ1v) is 6.67. The van der Waals surface area contributed by atoms with Crippen LogP contribution in [-0.2, 0) is 4.79 Å². The van der Waals surface area contributed by atoms with Gasteiger partial charge in [-0.1, -0.05) is 20.8 Å². The highest BCUT2D eigenvalue weighted by Gasteiger charge is 2.35. The Hall–Kier alpha value is -0.370. The highest BCUT2D eigenvalue weighted by Crippen LogP contribution is 2.37. The van der Waals surface area contributed by atoms with Gasteiger partial charge in [-0.3, -0.25) is 4.79 Å². The number of piperidine rings is 1. The van der Waals surface area contributed by atoms with Gasteiger partial charge in [0.2, 0.25) is 0 Å². The van der Waals surface area contributed by atoms with Gasteiger partial charge >= 0.3 is 0 Å². The van der Waals surface area contributed by atoms with Gasteiger partial charge in [-0.25, -0.2) is 0 Å². The molecule has 2 unspecified atom stereocenters. The lowest BCUT2D eigenvalue weighted by molar-refractivity contribution is -0.127.